The molecule has 0 amide bonds. The van der Waals surface area contributed by atoms with E-state index in [1.807, 2.05) is 0 Å². The highest BCUT2D eigenvalue weighted by Crippen LogP contribution is 2.36. The normalized spacial score (nSPS) is 27.4. The highest BCUT2D eigenvalue weighted by molar-refractivity contribution is 6.12. The third kappa shape index (κ3) is 3.79. The summed E-state index contributed by atoms with van der Waals surface area (Å²) in [5.41, 5.74) is -0.0527. The summed E-state index contributed by atoms with van der Waals surface area (Å²) in [5, 5.41) is 59.1. The number of ether oxygens (including phenoxy) is 2. The molecular formula is C19H20O9. The Bertz CT molecular complexity index is 837. The lowest BCUT2D eigenvalue weighted by Gasteiger charge is -2.39. The highest BCUT2D eigenvalue weighted by atomic mass is 16.7. The first-order valence-corrected chi connectivity index (χ1v) is 8.46. The standard InChI is InChI=1S/C19H20O9/c20-8-13-16(24)17(25)18(26)19(28-13)27-12-7-10(21)6-11(22)14(12)15(23)9-4-2-1-3-5-9/h1-7,13,16-22,24-26H,8H2/t13-,16+,17+,18-,19-/m0/s1. The number of rotatable bonds is 5. The van der Waals surface area contributed by atoms with Crippen LogP contribution >= 0.6 is 0 Å². The predicted octanol–water partition coefficient (Wildman–Crippen LogP) is -0.493. The Kier molecular flexibility index (Phi) is 5.82. The van der Waals surface area contributed by atoms with Crippen molar-refractivity contribution in [3.63, 3.8) is 0 Å². The number of carbonyl (C=O) groups is 1. The molecule has 9 heteroatoms. The van der Waals surface area contributed by atoms with Gasteiger partial charge in [-0.05, 0) is 0 Å². The Morgan fingerprint density at radius 3 is 2.32 bits per heavy atom. The summed E-state index contributed by atoms with van der Waals surface area (Å²) in [6.07, 6.45) is -7.79. The number of aromatic hydroxyl groups is 2. The molecule has 0 bridgehead atoms. The second-order valence-corrected chi connectivity index (χ2v) is 6.35. The van der Waals surface area contributed by atoms with E-state index in [4.69, 9.17) is 9.47 Å². The zero-order valence-corrected chi connectivity index (χ0v) is 14.5. The molecule has 0 aromatic heterocycles. The maximum Gasteiger partial charge on any atom is 0.229 e. The van der Waals surface area contributed by atoms with Gasteiger partial charge in [0, 0.05) is 17.7 Å². The molecular weight excluding hydrogens is 372 g/mol. The monoisotopic (exact) mass is 392 g/mol. The maximum absolute atomic E-state index is 12.8. The summed E-state index contributed by atoms with van der Waals surface area (Å²) in [6, 6.07) is 10.00. The van der Waals surface area contributed by atoms with Crippen LogP contribution in [0.5, 0.6) is 17.2 Å². The average Bonchev–Trinajstić information content (AvgIpc) is 2.68. The van der Waals surface area contributed by atoms with Gasteiger partial charge >= 0.3 is 0 Å². The van der Waals surface area contributed by atoms with E-state index in [0.29, 0.717) is 0 Å². The molecule has 28 heavy (non-hydrogen) atoms. The Morgan fingerprint density at radius 2 is 1.68 bits per heavy atom. The number of phenols is 2. The average molecular weight is 392 g/mol. The number of phenolic OH excluding ortho intramolecular Hbond substituents is 2. The molecule has 0 radical (unpaired) electrons. The first-order chi connectivity index (χ1) is 13.3. The maximum atomic E-state index is 12.8. The van der Waals surface area contributed by atoms with Crippen molar-refractivity contribution >= 4 is 5.78 Å². The molecule has 1 aliphatic heterocycles. The third-order valence-electron chi connectivity index (χ3n) is 4.42. The van der Waals surface area contributed by atoms with E-state index in [0.717, 1.165) is 12.1 Å². The molecule has 1 aliphatic rings. The number of aliphatic hydroxyl groups excluding tert-OH is 4. The number of benzene rings is 2. The van der Waals surface area contributed by atoms with Gasteiger partial charge in [0.25, 0.3) is 0 Å². The molecule has 0 aliphatic carbocycles. The molecule has 1 fully saturated rings. The number of hydrogen-bond donors (Lipinski definition) is 6. The van der Waals surface area contributed by atoms with Gasteiger partial charge in [0.15, 0.2) is 0 Å². The lowest BCUT2D eigenvalue weighted by Crippen LogP contribution is -2.60. The molecule has 5 atom stereocenters. The Morgan fingerprint density at radius 1 is 1.00 bits per heavy atom. The number of carbonyl (C=O) groups excluding carboxylic acids is 1. The zero-order chi connectivity index (χ0) is 20.4. The summed E-state index contributed by atoms with van der Waals surface area (Å²) >= 11 is 0. The summed E-state index contributed by atoms with van der Waals surface area (Å²) in [6.45, 7) is -0.661. The first-order valence-electron chi connectivity index (χ1n) is 8.46. The van der Waals surface area contributed by atoms with Crippen LogP contribution in [0.4, 0.5) is 0 Å². The zero-order valence-electron chi connectivity index (χ0n) is 14.5. The van der Waals surface area contributed by atoms with E-state index in [2.05, 4.69) is 0 Å². The highest BCUT2D eigenvalue weighted by Gasteiger charge is 2.45. The second kappa shape index (κ2) is 8.13. The molecule has 6 N–H and O–H groups in total. The van der Waals surface area contributed by atoms with Gasteiger partial charge in [-0.3, -0.25) is 4.79 Å². The van der Waals surface area contributed by atoms with Crippen molar-refractivity contribution in [2.24, 2.45) is 0 Å². The molecule has 9 nitrogen and oxygen atoms in total. The van der Waals surface area contributed by atoms with Crippen LogP contribution in [0.2, 0.25) is 0 Å². The van der Waals surface area contributed by atoms with Gasteiger partial charge in [-0.1, -0.05) is 30.3 Å². The largest absolute Gasteiger partial charge is 0.508 e. The van der Waals surface area contributed by atoms with Gasteiger partial charge in [-0.2, -0.15) is 0 Å². The van der Waals surface area contributed by atoms with Crippen molar-refractivity contribution in [2.45, 2.75) is 30.7 Å². The molecule has 1 heterocycles. The quantitative estimate of drug-likeness (QED) is 0.369. The number of hydrogen-bond acceptors (Lipinski definition) is 9. The molecule has 1 saturated heterocycles. The fourth-order valence-corrected chi connectivity index (χ4v) is 2.93. The van der Waals surface area contributed by atoms with Crippen LogP contribution in [0, 0.1) is 0 Å². The molecule has 0 spiro atoms. The van der Waals surface area contributed by atoms with Gasteiger partial charge in [0.1, 0.15) is 47.2 Å². The molecule has 2 aromatic carbocycles. The van der Waals surface area contributed by atoms with Gasteiger partial charge in [-0.15, -0.1) is 0 Å². The molecule has 0 saturated carbocycles. The fourth-order valence-electron chi connectivity index (χ4n) is 2.93. The number of aliphatic hydroxyl groups is 4. The van der Waals surface area contributed by atoms with Gasteiger partial charge in [0.05, 0.1) is 6.61 Å². The Labute approximate surface area is 159 Å². The van der Waals surface area contributed by atoms with Crippen LogP contribution in [0.15, 0.2) is 42.5 Å². The lowest BCUT2D eigenvalue weighted by atomic mass is 9.99. The van der Waals surface area contributed by atoms with E-state index in [1.54, 1.807) is 18.2 Å². The van der Waals surface area contributed by atoms with Gasteiger partial charge in [0.2, 0.25) is 12.1 Å². The van der Waals surface area contributed by atoms with Gasteiger partial charge < -0.3 is 40.1 Å². The smallest absolute Gasteiger partial charge is 0.229 e. The van der Waals surface area contributed by atoms with Crippen LogP contribution in [-0.4, -0.2) is 73.7 Å². The Balaban J connectivity index is 1.97. The SMILES string of the molecule is O=C(c1ccccc1)c1c(O)cc(O)cc1O[C@H]1O[C@@H](CO)[C@@H](O)[C@@H](O)[C@@H]1O. The van der Waals surface area contributed by atoms with Crippen molar-refractivity contribution in [3.05, 3.63) is 53.6 Å². The molecule has 3 rings (SSSR count). The van der Waals surface area contributed by atoms with Crippen molar-refractivity contribution in [1.29, 1.82) is 0 Å². The molecule has 0 unspecified atom stereocenters. The Hall–Kier alpha value is -2.69. The summed E-state index contributed by atoms with van der Waals surface area (Å²) in [7, 11) is 0. The minimum atomic E-state index is -1.72. The third-order valence-corrected chi connectivity index (χ3v) is 4.42. The lowest BCUT2D eigenvalue weighted by molar-refractivity contribution is -0.277. The van der Waals surface area contributed by atoms with E-state index in [-0.39, 0.29) is 16.9 Å². The van der Waals surface area contributed by atoms with Crippen LogP contribution in [0.3, 0.4) is 0 Å². The van der Waals surface area contributed by atoms with E-state index in [9.17, 15) is 35.4 Å². The van der Waals surface area contributed by atoms with Crippen molar-refractivity contribution < 1.29 is 44.9 Å². The summed E-state index contributed by atoms with van der Waals surface area (Å²) in [4.78, 5) is 12.8. The predicted molar refractivity (Wildman–Crippen MR) is 94.0 cm³/mol. The first kappa shape index (κ1) is 20.1. The van der Waals surface area contributed by atoms with E-state index >= 15 is 0 Å². The van der Waals surface area contributed by atoms with Crippen LogP contribution in [0.25, 0.3) is 0 Å². The van der Waals surface area contributed by atoms with Crippen LogP contribution in [0.1, 0.15) is 15.9 Å². The molecule has 2 aromatic rings. The topological polar surface area (TPSA) is 157 Å². The molecule has 150 valence electrons. The van der Waals surface area contributed by atoms with Crippen molar-refractivity contribution in [2.75, 3.05) is 6.61 Å². The second-order valence-electron chi connectivity index (χ2n) is 6.35. The summed E-state index contributed by atoms with van der Waals surface area (Å²) < 4.78 is 10.7. The minimum absolute atomic E-state index is 0.238. The van der Waals surface area contributed by atoms with E-state index < -0.39 is 54.6 Å². The minimum Gasteiger partial charge on any atom is -0.508 e. The number of ketones is 1. The van der Waals surface area contributed by atoms with Crippen molar-refractivity contribution in [1.82, 2.24) is 0 Å². The van der Waals surface area contributed by atoms with Crippen LogP contribution in [-0.2, 0) is 4.74 Å². The fraction of sp³-hybridized carbons (Fsp3) is 0.316. The van der Waals surface area contributed by atoms with E-state index in [1.165, 1.54) is 12.1 Å². The summed E-state index contributed by atoms with van der Waals surface area (Å²) in [5.74, 6) is -1.90. The van der Waals surface area contributed by atoms with Gasteiger partial charge in [-0.25, -0.2) is 0 Å². The van der Waals surface area contributed by atoms with Crippen molar-refractivity contribution in [3.8, 4) is 17.2 Å². The van der Waals surface area contributed by atoms with Crippen LogP contribution < -0.4 is 4.74 Å².